The second-order valence-corrected chi connectivity index (χ2v) is 3.69. The summed E-state index contributed by atoms with van der Waals surface area (Å²) in [5.74, 6) is -0.728. The van der Waals surface area contributed by atoms with Crippen LogP contribution in [0.4, 0.5) is 0 Å². The number of benzene rings is 1. The fraction of sp³-hybridized carbons (Fsp3) is 0.200. The van der Waals surface area contributed by atoms with Crippen molar-refractivity contribution in [3.63, 3.8) is 0 Å². The van der Waals surface area contributed by atoms with Gasteiger partial charge in [-0.3, -0.25) is 4.79 Å². The summed E-state index contributed by atoms with van der Waals surface area (Å²) in [5.41, 5.74) is 0.537. The summed E-state index contributed by atoms with van der Waals surface area (Å²) >= 11 is 0. The van der Waals surface area contributed by atoms with Crippen LogP contribution in [0.2, 0.25) is 0 Å². The van der Waals surface area contributed by atoms with E-state index in [9.17, 15) is 9.59 Å². The minimum absolute atomic E-state index is 0.205. The van der Waals surface area contributed by atoms with Crippen molar-refractivity contribution in [2.45, 2.75) is 20.0 Å². The topological polar surface area (TPSA) is 43.4 Å². The summed E-state index contributed by atoms with van der Waals surface area (Å²) in [4.78, 5) is 23.3. The van der Waals surface area contributed by atoms with Crippen LogP contribution < -0.4 is 0 Å². The van der Waals surface area contributed by atoms with Gasteiger partial charge in [0.15, 0.2) is 6.10 Å². The van der Waals surface area contributed by atoms with Crippen LogP contribution in [0, 0.1) is 0 Å². The highest BCUT2D eigenvalue weighted by Gasteiger charge is 2.17. The van der Waals surface area contributed by atoms with Crippen molar-refractivity contribution in [1.29, 1.82) is 0 Å². The summed E-state index contributed by atoms with van der Waals surface area (Å²) in [6.45, 7) is 3.41. The van der Waals surface area contributed by atoms with Crippen LogP contribution in [0.1, 0.15) is 24.2 Å². The zero-order chi connectivity index (χ0) is 13.4. The van der Waals surface area contributed by atoms with Gasteiger partial charge in [0, 0.05) is 11.6 Å². The van der Waals surface area contributed by atoms with Crippen LogP contribution in [0.15, 0.2) is 54.6 Å². The average molecular weight is 244 g/mol. The van der Waals surface area contributed by atoms with Crippen LogP contribution >= 0.6 is 0 Å². The standard InChI is InChI=1S/C15H16O3/c1-3-4-6-11-14(16)18-12(2)15(17)13-9-7-5-8-10-13/h3-12H,1-2H3/b4-3+,11-6+/t12-/m0/s1. The van der Waals surface area contributed by atoms with Gasteiger partial charge in [-0.15, -0.1) is 0 Å². The number of ether oxygens (including phenoxy) is 1. The first-order valence-electron chi connectivity index (χ1n) is 5.74. The van der Waals surface area contributed by atoms with E-state index in [1.807, 2.05) is 13.0 Å². The molecule has 0 bridgehead atoms. The number of rotatable bonds is 5. The maximum absolute atomic E-state index is 11.9. The molecular formula is C15H16O3. The first-order valence-corrected chi connectivity index (χ1v) is 5.74. The van der Waals surface area contributed by atoms with Crippen molar-refractivity contribution in [3.05, 3.63) is 60.2 Å². The maximum Gasteiger partial charge on any atom is 0.331 e. The van der Waals surface area contributed by atoms with Gasteiger partial charge in [-0.2, -0.15) is 0 Å². The van der Waals surface area contributed by atoms with Crippen molar-refractivity contribution in [2.24, 2.45) is 0 Å². The van der Waals surface area contributed by atoms with Gasteiger partial charge < -0.3 is 4.74 Å². The lowest BCUT2D eigenvalue weighted by Crippen LogP contribution is -2.23. The predicted molar refractivity (Wildman–Crippen MR) is 70.3 cm³/mol. The van der Waals surface area contributed by atoms with Gasteiger partial charge in [0.05, 0.1) is 0 Å². The highest BCUT2D eigenvalue weighted by atomic mass is 16.5. The molecule has 0 aliphatic carbocycles. The summed E-state index contributed by atoms with van der Waals surface area (Å²) in [6, 6.07) is 8.76. The normalized spacial score (nSPS) is 12.8. The summed E-state index contributed by atoms with van der Waals surface area (Å²) in [7, 11) is 0. The van der Waals surface area contributed by atoms with Gasteiger partial charge in [-0.05, 0) is 13.8 Å². The third-order valence-electron chi connectivity index (χ3n) is 2.26. The van der Waals surface area contributed by atoms with Crippen LogP contribution in [0.3, 0.4) is 0 Å². The molecule has 18 heavy (non-hydrogen) atoms. The Labute approximate surface area is 107 Å². The molecule has 1 atom stereocenters. The molecule has 0 heterocycles. The molecule has 0 amide bonds. The van der Waals surface area contributed by atoms with E-state index < -0.39 is 12.1 Å². The number of carbonyl (C=O) groups excluding carboxylic acids is 2. The van der Waals surface area contributed by atoms with E-state index in [1.165, 1.54) is 6.08 Å². The molecule has 0 radical (unpaired) electrons. The summed E-state index contributed by atoms with van der Waals surface area (Å²) in [5, 5.41) is 0. The Bertz CT molecular complexity index is 458. The van der Waals surface area contributed by atoms with Gasteiger partial charge in [-0.1, -0.05) is 48.6 Å². The molecule has 0 aromatic heterocycles. The van der Waals surface area contributed by atoms with Crippen molar-refractivity contribution >= 4 is 11.8 Å². The minimum Gasteiger partial charge on any atom is -0.451 e. The second kappa shape index (κ2) is 7.22. The number of Topliss-reactive ketones (excluding diaryl/α,β-unsaturated/α-hetero) is 1. The minimum atomic E-state index is -0.782. The molecule has 94 valence electrons. The number of ketones is 1. The lowest BCUT2D eigenvalue weighted by molar-refractivity contribution is -0.140. The molecule has 3 heteroatoms. The Kier molecular flexibility index (Phi) is 5.58. The highest BCUT2D eigenvalue weighted by Crippen LogP contribution is 2.06. The zero-order valence-corrected chi connectivity index (χ0v) is 10.5. The van der Waals surface area contributed by atoms with E-state index in [0.717, 1.165) is 0 Å². The van der Waals surface area contributed by atoms with E-state index in [0.29, 0.717) is 5.56 Å². The first-order chi connectivity index (χ1) is 8.65. The Hall–Kier alpha value is -2.16. The van der Waals surface area contributed by atoms with Gasteiger partial charge in [0.2, 0.25) is 5.78 Å². The molecule has 0 aliphatic heterocycles. The molecule has 0 saturated carbocycles. The van der Waals surface area contributed by atoms with Crippen molar-refractivity contribution in [2.75, 3.05) is 0 Å². The average Bonchev–Trinajstić information content (AvgIpc) is 2.39. The highest BCUT2D eigenvalue weighted by molar-refractivity contribution is 6.00. The molecule has 0 aliphatic rings. The zero-order valence-electron chi connectivity index (χ0n) is 10.5. The molecule has 0 saturated heterocycles. The first kappa shape index (κ1) is 13.9. The van der Waals surface area contributed by atoms with Crippen LogP contribution in [0.5, 0.6) is 0 Å². The SMILES string of the molecule is C/C=C/C=C/C(=O)O[C@@H](C)C(=O)c1ccccc1. The molecule has 1 aromatic rings. The van der Waals surface area contributed by atoms with Crippen molar-refractivity contribution < 1.29 is 14.3 Å². The number of hydrogen-bond donors (Lipinski definition) is 0. The third kappa shape index (κ3) is 4.37. The number of hydrogen-bond acceptors (Lipinski definition) is 3. The van der Waals surface area contributed by atoms with Crippen LogP contribution in [-0.4, -0.2) is 17.9 Å². The van der Waals surface area contributed by atoms with E-state index in [1.54, 1.807) is 49.4 Å². The van der Waals surface area contributed by atoms with E-state index in [4.69, 9.17) is 4.74 Å². The largest absolute Gasteiger partial charge is 0.451 e. The third-order valence-corrected chi connectivity index (χ3v) is 2.26. The Morgan fingerprint density at radius 2 is 1.83 bits per heavy atom. The molecule has 3 nitrogen and oxygen atoms in total. The lowest BCUT2D eigenvalue weighted by atomic mass is 10.1. The number of allylic oxidation sites excluding steroid dienone is 3. The molecule has 1 rings (SSSR count). The van der Waals surface area contributed by atoms with E-state index in [2.05, 4.69) is 0 Å². The Morgan fingerprint density at radius 1 is 1.17 bits per heavy atom. The maximum atomic E-state index is 11.9. The molecule has 0 unspecified atom stereocenters. The van der Waals surface area contributed by atoms with Crippen molar-refractivity contribution in [3.8, 4) is 0 Å². The molecule has 0 N–H and O–H groups in total. The second-order valence-electron chi connectivity index (χ2n) is 3.69. The summed E-state index contributed by atoms with van der Waals surface area (Å²) in [6.07, 6.45) is 5.58. The van der Waals surface area contributed by atoms with Crippen molar-refractivity contribution in [1.82, 2.24) is 0 Å². The Morgan fingerprint density at radius 3 is 2.44 bits per heavy atom. The smallest absolute Gasteiger partial charge is 0.331 e. The predicted octanol–water partition coefficient (Wildman–Crippen LogP) is 2.93. The molecule has 0 fully saturated rings. The van der Waals surface area contributed by atoms with E-state index >= 15 is 0 Å². The van der Waals surface area contributed by atoms with Gasteiger partial charge in [0.1, 0.15) is 0 Å². The fourth-order valence-corrected chi connectivity index (χ4v) is 1.35. The van der Waals surface area contributed by atoms with Gasteiger partial charge >= 0.3 is 5.97 Å². The molecular weight excluding hydrogens is 228 g/mol. The van der Waals surface area contributed by atoms with Gasteiger partial charge in [0.25, 0.3) is 0 Å². The Balaban J connectivity index is 2.58. The van der Waals surface area contributed by atoms with E-state index in [-0.39, 0.29) is 5.78 Å². The lowest BCUT2D eigenvalue weighted by Gasteiger charge is -2.10. The fourth-order valence-electron chi connectivity index (χ4n) is 1.35. The van der Waals surface area contributed by atoms with Crippen LogP contribution in [0.25, 0.3) is 0 Å². The molecule has 1 aromatic carbocycles. The monoisotopic (exact) mass is 244 g/mol. The van der Waals surface area contributed by atoms with Crippen LogP contribution in [-0.2, 0) is 9.53 Å². The number of esters is 1. The summed E-state index contributed by atoms with van der Waals surface area (Å²) < 4.78 is 5.00. The molecule has 0 spiro atoms. The van der Waals surface area contributed by atoms with Gasteiger partial charge in [-0.25, -0.2) is 4.79 Å². The number of carbonyl (C=O) groups is 2. The quantitative estimate of drug-likeness (QED) is 0.346.